The van der Waals surface area contributed by atoms with Crippen LogP contribution in [-0.2, 0) is 4.79 Å². The highest BCUT2D eigenvalue weighted by atomic mass is 32.1. The second-order valence-corrected chi connectivity index (χ2v) is 3.43. The molecule has 3 N–H and O–H groups in total. The zero-order valence-electron chi connectivity index (χ0n) is 7.04. The van der Waals surface area contributed by atoms with Crippen molar-refractivity contribution in [3.05, 3.63) is 0 Å². The lowest BCUT2D eigenvalue weighted by atomic mass is 10.2. The number of piperazine rings is 1. The number of hydrogen-bond donors (Lipinski definition) is 2. The van der Waals surface area contributed by atoms with Crippen LogP contribution in [0.15, 0.2) is 0 Å². The van der Waals surface area contributed by atoms with Crippen LogP contribution in [0.25, 0.3) is 0 Å². The van der Waals surface area contributed by atoms with E-state index in [0.29, 0.717) is 18.1 Å². The predicted octanol–water partition coefficient (Wildman–Crippen LogP) is -0.907. The van der Waals surface area contributed by atoms with Crippen molar-refractivity contribution >= 4 is 23.1 Å². The lowest BCUT2D eigenvalue weighted by Gasteiger charge is -2.32. The molecule has 1 heterocycles. The molecule has 0 aromatic rings. The molecule has 1 saturated heterocycles. The Morgan fingerprint density at radius 1 is 1.92 bits per heavy atom. The maximum absolute atomic E-state index is 11.1. The highest BCUT2D eigenvalue weighted by molar-refractivity contribution is 7.80. The molecule has 4 nitrogen and oxygen atoms in total. The first-order valence-electron chi connectivity index (χ1n) is 3.91. The average molecular weight is 187 g/mol. The minimum Gasteiger partial charge on any atom is -0.392 e. The van der Waals surface area contributed by atoms with Gasteiger partial charge in [-0.3, -0.25) is 9.69 Å². The van der Waals surface area contributed by atoms with E-state index in [2.05, 4.69) is 5.32 Å². The Labute approximate surface area is 77.1 Å². The smallest absolute Gasteiger partial charge is 0.237 e. The van der Waals surface area contributed by atoms with Crippen molar-refractivity contribution in [3.8, 4) is 0 Å². The molecule has 0 aromatic heterocycles. The molecule has 0 spiro atoms. The van der Waals surface area contributed by atoms with Gasteiger partial charge in [0.1, 0.15) is 0 Å². The molecular weight excluding hydrogens is 174 g/mol. The molecule has 1 aliphatic heterocycles. The Morgan fingerprint density at radius 3 is 3.17 bits per heavy atom. The molecule has 0 radical (unpaired) electrons. The van der Waals surface area contributed by atoms with Crippen LogP contribution in [-0.4, -0.2) is 41.5 Å². The number of carbonyl (C=O) groups is 1. The number of amides is 1. The fraction of sp³-hybridized carbons (Fsp3) is 0.714. The number of nitrogens with zero attached hydrogens (tertiary/aromatic N) is 1. The molecule has 0 bridgehead atoms. The van der Waals surface area contributed by atoms with Crippen molar-refractivity contribution in [3.63, 3.8) is 0 Å². The minimum absolute atomic E-state index is 0.0532. The van der Waals surface area contributed by atoms with Crippen molar-refractivity contribution in [2.75, 3.05) is 19.6 Å². The third-order valence-electron chi connectivity index (χ3n) is 1.98. The maximum Gasteiger partial charge on any atom is 0.237 e. The second-order valence-electron chi connectivity index (χ2n) is 2.90. The van der Waals surface area contributed by atoms with E-state index in [4.69, 9.17) is 18.0 Å². The number of rotatable bonds is 2. The molecule has 68 valence electrons. The fourth-order valence-corrected chi connectivity index (χ4v) is 1.41. The maximum atomic E-state index is 11.1. The van der Waals surface area contributed by atoms with E-state index >= 15 is 0 Å². The summed E-state index contributed by atoms with van der Waals surface area (Å²) in [4.78, 5) is 13.6. The van der Waals surface area contributed by atoms with E-state index in [1.54, 1.807) is 0 Å². The van der Waals surface area contributed by atoms with Crippen LogP contribution in [0, 0.1) is 0 Å². The summed E-state index contributed by atoms with van der Waals surface area (Å²) >= 11 is 4.77. The molecule has 1 atom stereocenters. The van der Waals surface area contributed by atoms with Crippen LogP contribution in [0.5, 0.6) is 0 Å². The third kappa shape index (κ3) is 2.15. The van der Waals surface area contributed by atoms with Gasteiger partial charge in [0.25, 0.3) is 0 Å². The molecule has 1 amide bonds. The zero-order valence-corrected chi connectivity index (χ0v) is 7.86. The molecule has 1 fully saturated rings. The highest BCUT2D eigenvalue weighted by Crippen LogP contribution is 2.02. The Balaban J connectivity index is 2.52. The van der Waals surface area contributed by atoms with Gasteiger partial charge in [-0.05, 0) is 6.92 Å². The van der Waals surface area contributed by atoms with E-state index < -0.39 is 0 Å². The summed E-state index contributed by atoms with van der Waals surface area (Å²) < 4.78 is 0. The van der Waals surface area contributed by atoms with Crippen LogP contribution in [0.2, 0.25) is 0 Å². The van der Waals surface area contributed by atoms with Gasteiger partial charge in [0.15, 0.2) is 0 Å². The quantitative estimate of drug-likeness (QED) is 0.550. The molecule has 0 saturated carbocycles. The van der Waals surface area contributed by atoms with Gasteiger partial charge in [-0.15, -0.1) is 0 Å². The van der Waals surface area contributed by atoms with Crippen molar-refractivity contribution < 1.29 is 4.79 Å². The molecule has 1 rings (SSSR count). The Bertz CT molecular complexity index is 207. The SMILES string of the molecule is CC1C(=O)NCCN1CC(N)=S. The summed E-state index contributed by atoms with van der Waals surface area (Å²) in [5.41, 5.74) is 5.39. The van der Waals surface area contributed by atoms with E-state index in [1.807, 2.05) is 11.8 Å². The summed E-state index contributed by atoms with van der Waals surface area (Å²) in [6.45, 7) is 3.90. The van der Waals surface area contributed by atoms with Gasteiger partial charge in [0.2, 0.25) is 5.91 Å². The van der Waals surface area contributed by atoms with Crippen LogP contribution >= 0.6 is 12.2 Å². The second kappa shape index (κ2) is 3.82. The van der Waals surface area contributed by atoms with Crippen LogP contribution in [0.3, 0.4) is 0 Å². The Hall–Kier alpha value is -0.680. The standard InChI is InChI=1S/C7H13N3OS/c1-5-7(11)9-2-3-10(5)4-6(8)12/h5H,2-4H2,1H3,(H2,8,12)(H,9,11). The number of nitrogens with one attached hydrogen (secondary N) is 1. The first kappa shape index (κ1) is 9.41. The van der Waals surface area contributed by atoms with Crippen molar-refractivity contribution in [2.24, 2.45) is 5.73 Å². The van der Waals surface area contributed by atoms with Gasteiger partial charge in [0.05, 0.1) is 11.0 Å². The van der Waals surface area contributed by atoms with E-state index in [0.717, 1.165) is 6.54 Å². The summed E-state index contributed by atoms with van der Waals surface area (Å²) in [6, 6.07) is -0.111. The topological polar surface area (TPSA) is 58.4 Å². The van der Waals surface area contributed by atoms with Crippen molar-refractivity contribution in [2.45, 2.75) is 13.0 Å². The number of thiocarbonyl (C=S) groups is 1. The number of carbonyl (C=O) groups excluding carboxylic acids is 1. The number of nitrogens with two attached hydrogens (primary N) is 1. The van der Waals surface area contributed by atoms with E-state index in [-0.39, 0.29) is 11.9 Å². The number of hydrogen-bond acceptors (Lipinski definition) is 3. The Morgan fingerprint density at radius 2 is 2.58 bits per heavy atom. The van der Waals surface area contributed by atoms with Gasteiger partial charge in [-0.1, -0.05) is 12.2 Å². The first-order valence-corrected chi connectivity index (χ1v) is 4.32. The highest BCUT2D eigenvalue weighted by Gasteiger charge is 2.25. The van der Waals surface area contributed by atoms with Gasteiger partial charge >= 0.3 is 0 Å². The average Bonchev–Trinajstić information content (AvgIpc) is 1.98. The molecular formula is C7H13N3OS. The largest absolute Gasteiger partial charge is 0.392 e. The molecule has 0 aliphatic carbocycles. The minimum atomic E-state index is -0.111. The molecule has 0 aromatic carbocycles. The lowest BCUT2D eigenvalue weighted by molar-refractivity contribution is -0.127. The molecule has 1 unspecified atom stereocenters. The Kier molecular flexibility index (Phi) is 2.99. The molecule has 1 aliphatic rings. The van der Waals surface area contributed by atoms with Gasteiger partial charge in [-0.2, -0.15) is 0 Å². The third-order valence-corrected chi connectivity index (χ3v) is 2.11. The zero-order chi connectivity index (χ0) is 9.14. The summed E-state index contributed by atoms with van der Waals surface area (Å²) in [5, 5.41) is 2.77. The summed E-state index contributed by atoms with van der Waals surface area (Å²) in [5.74, 6) is 0.0532. The molecule has 12 heavy (non-hydrogen) atoms. The first-order chi connectivity index (χ1) is 5.61. The summed E-state index contributed by atoms with van der Waals surface area (Å²) in [7, 11) is 0. The normalized spacial score (nSPS) is 25.1. The predicted molar refractivity (Wildman–Crippen MR) is 50.8 cm³/mol. The molecule has 5 heteroatoms. The fourth-order valence-electron chi connectivity index (χ4n) is 1.25. The van der Waals surface area contributed by atoms with Gasteiger partial charge in [-0.25, -0.2) is 0 Å². The van der Waals surface area contributed by atoms with Gasteiger partial charge in [0, 0.05) is 19.6 Å². The van der Waals surface area contributed by atoms with E-state index in [9.17, 15) is 4.79 Å². The lowest BCUT2D eigenvalue weighted by Crippen LogP contribution is -2.55. The monoisotopic (exact) mass is 187 g/mol. The summed E-state index contributed by atoms with van der Waals surface area (Å²) in [6.07, 6.45) is 0. The van der Waals surface area contributed by atoms with E-state index in [1.165, 1.54) is 0 Å². The van der Waals surface area contributed by atoms with Crippen molar-refractivity contribution in [1.82, 2.24) is 10.2 Å². The van der Waals surface area contributed by atoms with Gasteiger partial charge < -0.3 is 11.1 Å². The van der Waals surface area contributed by atoms with Crippen LogP contribution in [0.4, 0.5) is 0 Å². The van der Waals surface area contributed by atoms with Crippen molar-refractivity contribution in [1.29, 1.82) is 0 Å². The van der Waals surface area contributed by atoms with Crippen LogP contribution in [0.1, 0.15) is 6.92 Å². The van der Waals surface area contributed by atoms with Crippen LogP contribution < -0.4 is 11.1 Å².